The van der Waals surface area contributed by atoms with Crippen LogP contribution < -0.4 is 5.32 Å². The standard InChI is InChI=1S/C12H14N2O/c13-9-12(6-7-15-10-12)14-8-11-4-2-1-3-5-11/h1-5,14H,6-8,10H2. The van der Waals surface area contributed by atoms with Crippen LogP contribution in [-0.4, -0.2) is 18.8 Å². The normalized spacial score (nSPS) is 25.0. The Kier molecular flexibility index (Phi) is 3.00. The van der Waals surface area contributed by atoms with E-state index in [1.54, 1.807) is 0 Å². The van der Waals surface area contributed by atoms with E-state index >= 15 is 0 Å². The van der Waals surface area contributed by atoms with Crippen LogP contribution in [0.5, 0.6) is 0 Å². The average molecular weight is 202 g/mol. The van der Waals surface area contributed by atoms with Gasteiger partial charge in [-0.15, -0.1) is 0 Å². The quantitative estimate of drug-likeness (QED) is 0.807. The summed E-state index contributed by atoms with van der Waals surface area (Å²) in [4.78, 5) is 0. The first-order valence-electron chi connectivity index (χ1n) is 5.13. The first-order chi connectivity index (χ1) is 7.35. The number of nitrogens with one attached hydrogen (secondary N) is 1. The summed E-state index contributed by atoms with van der Waals surface area (Å²) >= 11 is 0. The molecule has 1 heterocycles. The van der Waals surface area contributed by atoms with Crippen LogP contribution in [0.15, 0.2) is 30.3 Å². The molecule has 1 atom stereocenters. The molecule has 0 spiro atoms. The Labute approximate surface area is 89.7 Å². The van der Waals surface area contributed by atoms with Crippen molar-refractivity contribution < 1.29 is 4.74 Å². The van der Waals surface area contributed by atoms with E-state index in [9.17, 15) is 0 Å². The number of nitrogens with zero attached hydrogens (tertiary/aromatic N) is 1. The molecule has 0 bridgehead atoms. The lowest BCUT2D eigenvalue weighted by Gasteiger charge is -2.20. The Morgan fingerprint density at radius 3 is 2.80 bits per heavy atom. The highest BCUT2D eigenvalue weighted by molar-refractivity contribution is 5.17. The lowest BCUT2D eigenvalue weighted by molar-refractivity contribution is 0.179. The molecule has 1 aromatic carbocycles. The molecule has 1 unspecified atom stereocenters. The third-order valence-electron chi connectivity index (χ3n) is 2.71. The zero-order chi connectivity index (χ0) is 10.6. The van der Waals surface area contributed by atoms with Gasteiger partial charge in [0.1, 0.15) is 5.54 Å². The summed E-state index contributed by atoms with van der Waals surface area (Å²) < 4.78 is 5.25. The van der Waals surface area contributed by atoms with Crippen LogP contribution in [0.1, 0.15) is 12.0 Å². The molecule has 1 saturated heterocycles. The van der Waals surface area contributed by atoms with E-state index in [-0.39, 0.29) is 0 Å². The molecule has 0 aromatic heterocycles. The summed E-state index contributed by atoms with van der Waals surface area (Å²) in [5.41, 5.74) is 0.717. The zero-order valence-electron chi connectivity index (χ0n) is 8.57. The lowest BCUT2D eigenvalue weighted by atomic mass is 10.0. The average Bonchev–Trinajstić information content (AvgIpc) is 2.77. The highest BCUT2D eigenvalue weighted by Gasteiger charge is 2.34. The third kappa shape index (κ3) is 2.35. The minimum absolute atomic E-state index is 0.476. The fourth-order valence-electron chi connectivity index (χ4n) is 1.70. The van der Waals surface area contributed by atoms with Crippen molar-refractivity contribution in [3.05, 3.63) is 35.9 Å². The topological polar surface area (TPSA) is 45.0 Å². The Morgan fingerprint density at radius 1 is 1.40 bits per heavy atom. The van der Waals surface area contributed by atoms with E-state index in [1.165, 1.54) is 5.56 Å². The monoisotopic (exact) mass is 202 g/mol. The van der Waals surface area contributed by atoms with Gasteiger partial charge in [-0.1, -0.05) is 30.3 Å². The van der Waals surface area contributed by atoms with Crippen molar-refractivity contribution in [3.63, 3.8) is 0 Å². The van der Waals surface area contributed by atoms with Crippen LogP contribution in [0.25, 0.3) is 0 Å². The fourth-order valence-corrected chi connectivity index (χ4v) is 1.70. The Morgan fingerprint density at radius 2 is 2.20 bits per heavy atom. The molecule has 1 fully saturated rings. The van der Waals surface area contributed by atoms with Gasteiger partial charge in [-0.05, 0) is 5.56 Å². The maximum Gasteiger partial charge on any atom is 0.132 e. The van der Waals surface area contributed by atoms with Crippen LogP contribution in [0.2, 0.25) is 0 Å². The summed E-state index contributed by atoms with van der Waals surface area (Å²) in [5, 5.41) is 12.4. The van der Waals surface area contributed by atoms with Gasteiger partial charge in [0, 0.05) is 19.6 Å². The van der Waals surface area contributed by atoms with Crippen LogP contribution in [-0.2, 0) is 11.3 Å². The first kappa shape index (κ1) is 10.2. The molecule has 0 radical (unpaired) electrons. The Hall–Kier alpha value is -1.37. The predicted molar refractivity (Wildman–Crippen MR) is 57.1 cm³/mol. The van der Waals surface area contributed by atoms with Gasteiger partial charge in [0.15, 0.2) is 0 Å². The molecular formula is C12H14N2O. The first-order valence-corrected chi connectivity index (χ1v) is 5.13. The van der Waals surface area contributed by atoms with Gasteiger partial charge in [0.2, 0.25) is 0 Å². The van der Waals surface area contributed by atoms with Crippen molar-refractivity contribution in [1.29, 1.82) is 5.26 Å². The van der Waals surface area contributed by atoms with Gasteiger partial charge >= 0.3 is 0 Å². The van der Waals surface area contributed by atoms with E-state index in [0.717, 1.165) is 13.0 Å². The van der Waals surface area contributed by atoms with Crippen molar-refractivity contribution in [2.24, 2.45) is 0 Å². The maximum atomic E-state index is 9.10. The van der Waals surface area contributed by atoms with E-state index in [0.29, 0.717) is 13.2 Å². The van der Waals surface area contributed by atoms with E-state index < -0.39 is 5.54 Å². The maximum absolute atomic E-state index is 9.10. The van der Waals surface area contributed by atoms with Crippen LogP contribution in [0, 0.1) is 11.3 Å². The molecule has 15 heavy (non-hydrogen) atoms. The van der Waals surface area contributed by atoms with Gasteiger partial charge < -0.3 is 4.74 Å². The molecule has 78 valence electrons. The van der Waals surface area contributed by atoms with Gasteiger partial charge in [0.25, 0.3) is 0 Å². The highest BCUT2D eigenvalue weighted by Crippen LogP contribution is 2.18. The van der Waals surface area contributed by atoms with Gasteiger partial charge in [-0.25, -0.2) is 0 Å². The summed E-state index contributed by atoms with van der Waals surface area (Å²) in [7, 11) is 0. The van der Waals surface area contributed by atoms with Crippen molar-refractivity contribution in [1.82, 2.24) is 5.32 Å². The highest BCUT2D eigenvalue weighted by atomic mass is 16.5. The van der Waals surface area contributed by atoms with E-state index in [1.807, 2.05) is 30.3 Å². The number of nitriles is 1. The number of ether oxygens (including phenoxy) is 1. The lowest BCUT2D eigenvalue weighted by Crippen LogP contribution is -2.43. The van der Waals surface area contributed by atoms with E-state index in [2.05, 4.69) is 11.4 Å². The second-order valence-corrected chi connectivity index (χ2v) is 3.84. The molecule has 1 N–H and O–H groups in total. The summed E-state index contributed by atoms with van der Waals surface area (Å²) in [6.07, 6.45) is 0.774. The van der Waals surface area contributed by atoms with Gasteiger partial charge in [-0.3, -0.25) is 5.32 Å². The van der Waals surface area contributed by atoms with Crippen molar-refractivity contribution in [2.75, 3.05) is 13.2 Å². The number of rotatable bonds is 3. The molecule has 1 aliphatic heterocycles. The minimum atomic E-state index is -0.476. The number of benzene rings is 1. The summed E-state index contributed by atoms with van der Waals surface area (Å²) in [5.74, 6) is 0. The van der Waals surface area contributed by atoms with Crippen LogP contribution in [0.3, 0.4) is 0 Å². The van der Waals surface area contributed by atoms with E-state index in [4.69, 9.17) is 10.00 Å². The zero-order valence-corrected chi connectivity index (χ0v) is 8.57. The molecule has 3 nitrogen and oxygen atoms in total. The SMILES string of the molecule is N#CC1(NCc2ccccc2)CCOC1. The van der Waals surface area contributed by atoms with Crippen molar-refractivity contribution in [3.8, 4) is 6.07 Å². The number of hydrogen-bond donors (Lipinski definition) is 1. The fraction of sp³-hybridized carbons (Fsp3) is 0.417. The van der Waals surface area contributed by atoms with Gasteiger partial charge in [0.05, 0.1) is 12.7 Å². The summed E-state index contributed by atoms with van der Waals surface area (Å²) in [6.45, 7) is 1.89. The molecule has 3 heteroatoms. The Balaban J connectivity index is 1.95. The van der Waals surface area contributed by atoms with Crippen LogP contribution in [0.4, 0.5) is 0 Å². The summed E-state index contributed by atoms with van der Waals surface area (Å²) in [6, 6.07) is 12.4. The largest absolute Gasteiger partial charge is 0.378 e. The second-order valence-electron chi connectivity index (χ2n) is 3.84. The molecule has 0 aliphatic carbocycles. The third-order valence-corrected chi connectivity index (χ3v) is 2.71. The molecular weight excluding hydrogens is 188 g/mol. The molecule has 2 rings (SSSR count). The van der Waals surface area contributed by atoms with Gasteiger partial charge in [-0.2, -0.15) is 5.26 Å². The van der Waals surface area contributed by atoms with Crippen molar-refractivity contribution >= 4 is 0 Å². The molecule has 1 aliphatic rings. The smallest absolute Gasteiger partial charge is 0.132 e. The molecule has 1 aromatic rings. The second kappa shape index (κ2) is 4.43. The predicted octanol–water partition coefficient (Wildman–Crippen LogP) is 1.46. The Bertz CT molecular complexity index is 350. The molecule has 0 amide bonds. The minimum Gasteiger partial charge on any atom is -0.378 e. The van der Waals surface area contributed by atoms with Crippen LogP contribution >= 0.6 is 0 Å². The molecule has 0 saturated carbocycles. The number of hydrogen-bond acceptors (Lipinski definition) is 3. The van der Waals surface area contributed by atoms with Crippen molar-refractivity contribution in [2.45, 2.75) is 18.5 Å².